The van der Waals surface area contributed by atoms with E-state index >= 15 is 0 Å². The molecule has 5 heteroatoms. The van der Waals surface area contributed by atoms with Gasteiger partial charge in [0.15, 0.2) is 0 Å². The minimum atomic E-state index is -0.504. The van der Waals surface area contributed by atoms with E-state index in [1.54, 1.807) is 13.0 Å². The van der Waals surface area contributed by atoms with Crippen LogP contribution in [0.25, 0.3) is 0 Å². The lowest BCUT2D eigenvalue weighted by atomic mass is 9.91. The van der Waals surface area contributed by atoms with Crippen molar-refractivity contribution in [2.45, 2.75) is 31.9 Å². The number of carbonyl (C=O) groups is 1. The van der Waals surface area contributed by atoms with Gasteiger partial charge in [-0.05, 0) is 43.0 Å². The highest BCUT2D eigenvalue weighted by Crippen LogP contribution is 2.32. The number of rotatable bonds is 1. The van der Waals surface area contributed by atoms with Gasteiger partial charge in [-0.3, -0.25) is 0 Å². The van der Waals surface area contributed by atoms with Crippen LogP contribution in [0.15, 0.2) is 18.2 Å². The Labute approximate surface area is 105 Å². The van der Waals surface area contributed by atoms with Crippen LogP contribution in [0.4, 0.5) is 9.18 Å². The second-order valence-electron chi connectivity index (χ2n) is 4.73. The van der Waals surface area contributed by atoms with Crippen molar-refractivity contribution >= 4 is 6.03 Å². The lowest BCUT2D eigenvalue weighted by Crippen LogP contribution is -2.45. The summed E-state index contributed by atoms with van der Waals surface area (Å²) in [6, 6.07) is 3.67. The number of aryl methyl sites for hydroxylation is 1. The lowest BCUT2D eigenvalue weighted by Gasteiger charge is -2.37. The van der Waals surface area contributed by atoms with E-state index in [4.69, 9.17) is 5.73 Å². The van der Waals surface area contributed by atoms with E-state index in [0.717, 1.165) is 11.1 Å². The van der Waals surface area contributed by atoms with E-state index in [1.165, 1.54) is 17.0 Å². The summed E-state index contributed by atoms with van der Waals surface area (Å²) in [5.74, 6) is -0.307. The van der Waals surface area contributed by atoms with E-state index in [1.807, 2.05) is 0 Å². The van der Waals surface area contributed by atoms with Gasteiger partial charge in [-0.25, -0.2) is 9.18 Å². The van der Waals surface area contributed by atoms with Crippen molar-refractivity contribution < 1.29 is 14.3 Å². The third-order valence-electron chi connectivity index (χ3n) is 3.45. The molecule has 18 heavy (non-hydrogen) atoms. The molecule has 0 saturated carbocycles. The molecule has 2 unspecified atom stereocenters. The quantitative estimate of drug-likeness (QED) is 0.799. The number of nitrogens with zero attached hydrogens (tertiary/aromatic N) is 1. The zero-order valence-corrected chi connectivity index (χ0v) is 10.3. The highest BCUT2D eigenvalue weighted by atomic mass is 19.1. The average molecular weight is 252 g/mol. The molecule has 0 aliphatic carbocycles. The Bertz CT molecular complexity index is 464. The van der Waals surface area contributed by atoms with Crippen LogP contribution >= 0.6 is 0 Å². The van der Waals surface area contributed by atoms with Crippen LogP contribution in [-0.4, -0.2) is 28.7 Å². The van der Waals surface area contributed by atoms with E-state index in [2.05, 4.69) is 0 Å². The average Bonchev–Trinajstić information content (AvgIpc) is 2.28. The normalized spacial score (nSPS) is 24.1. The molecule has 1 aromatic rings. The number of halogens is 1. The number of aliphatic hydroxyl groups excluding tert-OH is 1. The Morgan fingerprint density at radius 3 is 2.89 bits per heavy atom. The first-order valence-electron chi connectivity index (χ1n) is 5.99. The van der Waals surface area contributed by atoms with Crippen molar-refractivity contribution in [3.8, 4) is 0 Å². The Morgan fingerprint density at radius 2 is 2.28 bits per heavy atom. The topological polar surface area (TPSA) is 66.6 Å². The Morgan fingerprint density at radius 1 is 1.56 bits per heavy atom. The summed E-state index contributed by atoms with van der Waals surface area (Å²) >= 11 is 0. The SMILES string of the molecule is Cc1cc(F)ccc1C1CC(O)CCN1C(N)=O. The van der Waals surface area contributed by atoms with Gasteiger partial charge >= 0.3 is 6.03 Å². The van der Waals surface area contributed by atoms with Gasteiger partial charge in [-0.15, -0.1) is 0 Å². The van der Waals surface area contributed by atoms with Crippen LogP contribution in [0, 0.1) is 12.7 Å². The molecule has 4 nitrogen and oxygen atoms in total. The summed E-state index contributed by atoms with van der Waals surface area (Å²) in [6.07, 6.45) is 0.518. The van der Waals surface area contributed by atoms with Crippen LogP contribution < -0.4 is 5.73 Å². The molecule has 0 spiro atoms. The number of amides is 2. The fourth-order valence-corrected chi connectivity index (χ4v) is 2.52. The molecule has 0 bridgehead atoms. The van der Waals surface area contributed by atoms with E-state index in [9.17, 15) is 14.3 Å². The van der Waals surface area contributed by atoms with Gasteiger partial charge in [-0.1, -0.05) is 6.07 Å². The molecular formula is C13H17FN2O2. The Kier molecular flexibility index (Phi) is 3.52. The fraction of sp³-hybridized carbons (Fsp3) is 0.462. The zero-order chi connectivity index (χ0) is 13.3. The van der Waals surface area contributed by atoms with Crippen molar-refractivity contribution in [2.24, 2.45) is 5.73 Å². The summed E-state index contributed by atoms with van der Waals surface area (Å²) in [7, 11) is 0. The molecule has 2 atom stereocenters. The van der Waals surface area contributed by atoms with Crippen molar-refractivity contribution in [3.63, 3.8) is 0 Å². The van der Waals surface area contributed by atoms with E-state index in [-0.39, 0.29) is 11.9 Å². The largest absolute Gasteiger partial charge is 0.393 e. The molecule has 1 heterocycles. The summed E-state index contributed by atoms with van der Waals surface area (Å²) in [5.41, 5.74) is 6.96. The Hall–Kier alpha value is -1.62. The standard InChI is InChI=1S/C13H17FN2O2/c1-8-6-9(14)2-3-11(8)12-7-10(17)4-5-16(12)13(15)18/h2-3,6,10,12,17H,4-5,7H2,1H3,(H2,15,18). The first kappa shape index (κ1) is 12.8. The van der Waals surface area contributed by atoms with Crippen LogP contribution in [-0.2, 0) is 0 Å². The third-order valence-corrected chi connectivity index (χ3v) is 3.45. The number of likely N-dealkylation sites (tertiary alicyclic amines) is 1. The lowest BCUT2D eigenvalue weighted by molar-refractivity contribution is 0.0609. The maximum Gasteiger partial charge on any atom is 0.315 e. The van der Waals surface area contributed by atoms with Crippen LogP contribution in [0.1, 0.15) is 30.0 Å². The van der Waals surface area contributed by atoms with Gasteiger partial charge in [0.05, 0.1) is 12.1 Å². The number of piperidine rings is 1. The molecular weight excluding hydrogens is 235 g/mol. The van der Waals surface area contributed by atoms with Gasteiger partial charge in [0, 0.05) is 6.54 Å². The maximum atomic E-state index is 13.1. The highest BCUT2D eigenvalue weighted by molar-refractivity contribution is 5.72. The zero-order valence-electron chi connectivity index (χ0n) is 10.3. The van der Waals surface area contributed by atoms with Gasteiger partial charge in [0.1, 0.15) is 5.82 Å². The van der Waals surface area contributed by atoms with Crippen LogP contribution in [0.5, 0.6) is 0 Å². The van der Waals surface area contributed by atoms with E-state index in [0.29, 0.717) is 19.4 Å². The van der Waals surface area contributed by atoms with Gasteiger partial charge in [0.2, 0.25) is 0 Å². The van der Waals surface area contributed by atoms with Gasteiger partial charge in [-0.2, -0.15) is 0 Å². The predicted molar refractivity (Wildman–Crippen MR) is 65.4 cm³/mol. The van der Waals surface area contributed by atoms with Crippen LogP contribution in [0.2, 0.25) is 0 Å². The van der Waals surface area contributed by atoms with Crippen molar-refractivity contribution in [1.82, 2.24) is 4.90 Å². The predicted octanol–water partition coefficient (Wildman–Crippen LogP) is 1.71. The summed E-state index contributed by atoms with van der Waals surface area (Å²) < 4.78 is 13.1. The number of nitrogens with two attached hydrogens (primary N) is 1. The molecule has 1 fully saturated rings. The number of primary amides is 1. The molecule has 2 amide bonds. The molecule has 1 aliphatic heterocycles. The summed E-state index contributed by atoms with van der Waals surface area (Å²) in [5, 5.41) is 9.73. The van der Waals surface area contributed by atoms with Crippen molar-refractivity contribution in [1.29, 1.82) is 0 Å². The molecule has 1 saturated heterocycles. The first-order chi connectivity index (χ1) is 8.49. The third kappa shape index (κ3) is 2.46. The first-order valence-corrected chi connectivity index (χ1v) is 5.99. The summed E-state index contributed by atoms with van der Waals surface area (Å²) in [4.78, 5) is 13.0. The minimum absolute atomic E-state index is 0.271. The highest BCUT2D eigenvalue weighted by Gasteiger charge is 2.31. The number of hydrogen-bond acceptors (Lipinski definition) is 2. The number of hydrogen-bond donors (Lipinski definition) is 2. The number of urea groups is 1. The monoisotopic (exact) mass is 252 g/mol. The number of benzene rings is 1. The number of carbonyl (C=O) groups excluding carboxylic acids is 1. The molecule has 0 aromatic heterocycles. The smallest absolute Gasteiger partial charge is 0.315 e. The molecule has 1 aliphatic rings. The van der Waals surface area contributed by atoms with E-state index < -0.39 is 12.1 Å². The molecule has 3 N–H and O–H groups in total. The minimum Gasteiger partial charge on any atom is -0.393 e. The molecule has 2 rings (SSSR count). The Balaban J connectivity index is 2.35. The van der Waals surface area contributed by atoms with Gasteiger partial charge < -0.3 is 15.7 Å². The number of aliphatic hydroxyl groups is 1. The molecule has 1 aromatic carbocycles. The van der Waals surface area contributed by atoms with Gasteiger partial charge in [0.25, 0.3) is 0 Å². The maximum absolute atomic E-state index is 13.1. The van der Waals surface area contributed by atoms with Crippen molar-refractivity contribution in [3.05, 3.63) is 35.1 Å². The molecule has 98 valence electrons. The fourth-order valence-electron chi connectivity index (χ4n) is 2.52. The van der Waals surface area contributed by atoms with Crippen molar-refractivity contribution in [2.75, 3.05) is 6.54 Å². The molecule has 0 radical (unpaired) electrons. The summed E-state index contributed by atoms with van der Waals surface area (Å²) in [6.45, 7) is 2.22. The second-order valence-corrected chi connectivity index (χ2v) is 4.73. The second kappa shape index (κ2) is 4.94. The van der Waals surface area contributed by atoms with Crippen LogP contribution in [0.3, 0.4) is 0 Å².